The van der Waals surface area contributed by atoms with E-state index in [0.717, 1.165) is 6.07 Å². The van der Waals surface area contributed by atoms with Gasteiger partial charge in [0.1, 0.15) is 12.4 Å². The lowest BCUT2D eigenvalue weighted by molar-refractivity contribution is -0.139. The molecule has 0 fully saturated rings. The van der Waals surface area contributed by atoms with E-state index in [1.807, 2.05) is 0 Å². The van der Waals surface area contributed by atoms with E-state index in [1.54, 1.807) is 19.9 Å². The Labute approximate surface area is 148 Å². The first kappa shape index (κ1) is 19.1. The van der Waals surface area contributed by atoms with E-state index in [2.05, 4.69) is 0 Å². The summed E-state index contributed by atoms with van der Waals surface area (Å²) in [5.41, 5.74) is 0.0215. The molecular weight excluding hydrogens is 357 g/mol. The van der Waals surface area contributed by atoms with Crippen molar-refractivity contribution >= 4 is 17.6 Å². The minimum Gasteiger partial charge on any atom is -0.488 e. The highest BCUT2D eigenvalue weighted by Gasteiger charge is 2.34. The number of hydrogen-bond donors (Lipinski definition) is 0. The quantitative estimate of drug-likeness (QED) is 0.657. The summed E-state index contributed by atoms with van der Waals surface area (Å²) in [6, 6.07) is 8.35. The summed E-state index contributed by atoms with van der Waals surface area (Å²) in [6.07, 6.45) is -4.55. The van der Waals surface area contributed by atoms with Gasteiger partial charge in [0.25, 0.3) is 0 Å². The smallest absolute Gasteiger partial charge is 0.419 e. The maximum atomic E-state index is 13.2. The number of hydrogen-bond acceptors (Lipinski definition) is 3. The average molecular weight is 373 g/mol. The molecule has 2 aromatic carbocycles. The van der Waals surface area contributed by atoms with E-state index in [4.69, 9.17) is 21.1 Å². The molecule has 0 spiro atoms. The van der Waals surface area contributed by atoms with Gasteiger partial charge in [0.15, 0.2) is 0 Å². The first-order valence-corrected chi connectivity index (χ1v) is 7.87. The van der Waals surface area contributed by atoms with Gasteiger partial charge < -0.3 is 9.47 Å². The number of rotatable bonds is 5. The number of carbonyl (C=O) groups excluding carboxylic acids is 1. The molecule has 0 bridgehead atoms. The van der Waals surface area contributed by atoms with Crippen LogP contribution in [-0.2, 0) is 17.5 Å². The molecule has 0 unspecified atom stereocenters. The highest BCUT2D eigenvalue weighted by molar-refractivity contribution is 6.31. The molecule has 0 N–H and O–H groups in total. The van der Waals surface area contributed by atoms with Crippen LogP contribution in [0, 0.1) is 6.92 Å². The van der Waals surface area contributed by atoms with Gasteiger partial charge in [-0.1, -0.05) is 29.3 Å². The van der Waals surface area contributed by atoms with E-state index >= 15 is 0 Å². The highest BCUT2D eigenvalue weighted by atomic mass is 35.5. The Bertz CT molecular complexity index is 773. The molecule has 0 aliphatic heterocycles. The van der Waals surface area contributed by atoms with Crippen LogP contribution in [0.15, 0.2) is 36.4 Å². The lowest BCUT2D eigenvalue weighted by atomic mass is 10.1. The van der Waals surface area contributed by atoms with Gasteiger partial charge in [0.05, 0.1) is 17.7 Å². The molecule has 25 heavy (non-hydrogen) atoms. The molecule has 0 aliphatic carbocycles. The summed E-state index contributed by atoms with van der Waals surface area (Å²) in [4.78, 5) is 12.0. The van der Waals surface area contributed by atoms with Crippen molar-refractivity contribution in [3.63, 3.8) is 0 Å². The molecule has 0 atom stereocenters. The molecule has 0 aromatic heterocycles. The maximum absolute atomic E-state index is 13.2. The first-order valence-electron chi connectivity index (χ1n) is 7.49. The van der Waals surface area contributed by atoms with E-state index in [-0.39, 0.29) is 35.1 Å². The third kappa shape index (κ3) is 4.66. The number of alkyl halides is 3. The van der Waals surface area contributed by atoms with Gasteiger partial charge in [0, 0.05) is 10.6 Å². The summed E-state index contributed by atoms with van der Waals surface area (Å²) in [5.74, 6) is -0.934. The van der Waals surface area contributed by atoms with Crippen LogP contribution in [0.4, 0.5) is 13.2 Å². The van der Waals surface area contributed by atoms with Gasteiger partial charge in [-0.15, -0.1) is 0 Å². The Morgan fingerprint density at radius 1 is 1.20 bits per heavy atom. The monoisotopic (exact) mass is 372 g/mol. The molecule has 0 amide bonds. The SMILES string of the molecule is CCOC(=O)c1cccc(Cl)c1COc1ccc(C)cc1C(F)(F)F. The van der Waals surface area contributed by atoms with E-state index in [9.17, 15) is 18.0 Å². The van der Waals surface area contributed by atoms with Gasteiger partial charge >= 0.3 is 12.1 Å². The van der Waals surface area contributed by atoms with Crippen molar-refractivity contribution in [1.29, 1.82) is 0 Å². The second-order valence-corrected chi connectivity index (χ2v) is 5.68. The van der Waals surface area contributed by atoms with Crippen LogP contribution in [0.3, 0.4) is 0 Å². The van der Waals surface area contributed by atoms with Crippen molar-refractivity contribution in [3.8, 4) is 5.75 Å². The molecule has 0 saturated carbocycles. The predicted molar refractivity (Wildman–Crippen MR) is 87.9 cm³/mol. The number of aryl methyl sites for hydroxylation is 1. The van der Waals surface area contributed by atoms with Gasteiger partial charge in [-0.25, -0.2) is 4.79 Å². The largest absolute Gasteiger partial charge is 0.488 e. The lowest BCUT2D eigenvalue weighted by Gasteiger charge is -2.16. The van der Waals surface area contributed by atoms with Gasteiger partial charge in [-0.3, -0.25) is 0 Å². The standard InChI is InChI=1S/C18H16ClF3O3/c1-3-24-17(23)12-5-4-6-15(19)13(12)10-25-16-8-7-11(2)9-14(16)18(20,21)22/h4-9H,3,10H2,1-2H3. The van der Waals surface area contributed by atoms with Gasteiger partial charge in [-0.2, -0.15) is 13.2 Å². The fourth-order valence-electron chi connectivity index (χ4n) is 2.25. The zero-order valence-corrected chi connectivity index (χ0v) is 14.4. The Balaban J connectivity index is 2.33. The minimum atomic E-state index is -4.55. The molecule has 2 aromatic rings. The normalized spacial score (nSPS) is 11.3. The molecule has 0 aliphatic rings. The van der Waals surface area contributed by atoms with E-state index in [0.29, 0.717) is 5.56 Å². The molecule has 0 saturated heterocycles. The third-order valence-electron chi connectivity index (χ3n) is 3.43. The molecule has 3 nitrogen and oxygen atoms in total. The zero-order valence-electron chi connectivity index (χ0n) is 13.6. The third-order valence-corrected chi connectivity index (χ3v) is 3.78. The van der Waals surface area contributed by atoms with Crippen LogP contribution in [0.25, 0.3) is 0 Å². The topological polar surface area (TPSA) is 35.5 Å². The Morgan fingerprint density at radius 2 is 1.92 bits per heavy atom. The summed E-state index contributed by atoms with van der Waals surface area (Å²) in [7, 11) is 0. The summed E-state index contributed by atoms with van der Waals surface area (Å²) in [5, 5.41) is 0.214. The van der Waals surface area contributed by atoms with Crippen LogP contribution in [-0.4, -0.2) is 12.6 Å². The molecular formula is C18H16ClF3O3. The zero-order chi connectivity index (χ0) is 18.6. The highest BCUT2D eigenvalue weighted by Crippen LogP contribution is 2.37. The van der Waals surface area contributed by atoms with Gasteiger partial charge in [0.2, 0.25) is 0 Å². The average Bonchev–Trinajstić information content (AvgIpc) is 2.53. The van der Waals surface area contributed by atoms with Crippen molar-refractivity contribution in [2.75, 3.05) is 6.61 Å². The Hall–Kier alpha value is -2.21. The Morgan fingerprint density at radius 3 is 2.56 bits per heavy atom. The second-order valence-electron chi connectivity index (χ2n) is 5.27. The maximum Gasteiger partial charge on any atom is 0.419 e. The molecule has 134 valence electrons. The van der Waals surface area contributed by atoms with E-state index in [1.165, 1.54) is 24.3 Å². The fraction of sp³-hybridized carbons (Fsp3) is 0.278. The van der Waals surface area contributed by atoms with Crippen LogP contribution >= 0.6 is 11.6 Å². The fourth-order valence-corrected chi connectivity index (χ4v) is 2.48. The number of halogens is 4. The van der Waals surface area contributed by atoms with E-state index < -0.39 is 17.7 Å². The van der Waals surface area contributed by atoms with Crippen LogP contribution in [0.5, 0.6) is 5.75 Å². The summed E-state index contributed by atoms with van der Waals surface area (Å²) >= 11 is 6.08. The molecule has 0 radical (unpaired) electrons. The number of ether oxygens (including phenoxy) is 2. The van der Waals surface area contributed by atoms with Gasteiger partial charge in [-0.05, 0) is 38.1 Å². The Kier molecular flexibility index (Phi) is 5.95. The second kappa shape index (κ2) is 7.78. The number of benzene rings is 2. The summed E-state index contributed by atoms with van der Waals surface area (Å²) in [6.45, 7) is 3.09. The predicted octanol–water partition coefficient (Wildman–Crippen LogP) is 5.42. The van der Waals surface area contributed by atoms with Crippen molar-refractivity contribution in [2.45, 2.75) is 26.6 Å². The van der Waals surface area contributed by atoms with Crippen molar-refractivity contribution in [1.82, 2.24) is 0 Å². The molecule has 0 heterocycles. The van der Waals surface area contributed by atoms with Crippen molar-refractivity contribution < 1.29 is 27.4 Å². The van der Waals surface area contributed by atoms with Crippen LogP contribution < -0.4 is 4.74 Å². The number of carbonyl (C=O) groups is 1. The lowest BCUT2D eigenvalue weighted by Crippen LogP contribution is -2.12. The van der Waals surface area contributed by atoms with Crippen molar-refractivity contribution in [3.05, 3.63) is 63.7 Å². The van der Waals surface area contributed by atoms with Crippen molar-refractivity contribution in [2.24, 2.45) is 0 Å². The van der Waals surface area contributed by atoms with Crippen LogP contribution in [0.1, 0.15) is 34.0 Å². The number of esters is 1. The molecule has 7 heteroatoms. The summed E-state index contributed by atoms with van der Waals surface area (Å²) < 4.78 is 49.8. The minimum absolute atomic E-state index is 0.162. The first-order chi connectivity index (χ1) is 11.7. The molecule has 2 rings (SSSR count). The van der Waals surface area contributed by atoms with Crippen LogP contribution in [0.2, 0.25) is 5.02 Å².